The molecule has 3 amide bonds. The van der Waals surface area contributed by atoms with Crippen LogP contribution in [0.5, 0.6) is 0 Å². The maximum absolute atomic E-state index is 13.3. The van der Waals surface area contributed by atoms with Crippen LogP contribution in [-0.2, 0) is 4.79 Å². The van der Waals surface area contributed by atoms with E-state index in [1.165, 1.54) is 11.8 Å². The minimum Gasteiger partial charge on any atom is -0.341 e. The SMILES string of the molecule is CC(NC(=O)c1ccccc1)C(=O)Nc1ccc2c(c1)Sc1ccccc1C(=O)N2C1CC1. The molecule has 1 heterocycles. The van der Waals surface area contributed by atoms with Crippen LogP contribution in [0.3, 0.4) is 0 Å². The number of nitrogens with zero attached hydrogens (tertiary/aromatic N) is 1. The van der Waals surface area contributed by atoms with E-state index >= 15 is 0 Å². The van der Waals surface area contributed by atoms with Crippen LogP contribution < -0.4 is 15.5 Å². The summed E-state index contributed by atoms with van der Waals surface area (Å²) < 4.78 is 0. The van der Waals surface area contributed by atoms with Crippen LogP contribution in [0, 0.1) is 0 Å². The highest BCUT2D eigenvalue weighted by Crippen LogP contribution is 2.46. The largest absolute Gasteiger partial charge is 0.341 e. The number of anilines is 2. The molecule has 2 aliphatic rings. The molecular weight excluding hydrogens is 434 g/mol. The zero-order chi connectivity index (χ0) is 22.9. The molecule has 2 N–H and O–H groups in total. The minimum atomic E-state index is -0.713. The highest BCUT2D eigenvalue weighted by molar-refractivity contribution is 7.99. The summed E-state index contributed by atoms with van der Waals surface area (Å²) in [6, 6.07) is 21.5. The number of nitrogens with one attached hydrogen (secondary N) is 2. The quantitative estimate of drug-likeness (QED) is 0.581. The number of amides is 3. The van der Waals surface area contributed by atoms with Crippen LogP contribution in [0.25, 0.3) is 0 Å². The molecular formula is C26H23N3O3S. The molecule has 1 saturated carbocycles. The van der Waals surface area contributed by atoms with Crippen LogP contribution in [0.2, 0.25) is 0 Å². The van der Waals surface area contributed by atoms with E-state index in [9.17, 15) is 14.4 Å². The Bertz CT molecular complexity index is 1240. The topological polar surface area (TPSA) is 78.5 Å². The van der Waals surface area contributed by atoms with Crippen molar-refractivity contribution < 1.29 is 14.4 Å². The van der Waals surface area contributed by atoms with E-state index in [0.717, 1.165) is 28.3 Å². The van der Waals surface area contributed by atoms with Gasteiger partial charge in [0.05, 0.1) is 11.3 Å². The first kappa shape index (κ1) is 21.3. The van der Waals surface area contributed by atoms with Crippen molar-refractivity contribution in [2.45, 2.75) is 41.6 Å². The zero-order valence-electron chi connectivity index (χ0n) is 18.1. The molecule has 0 saturated heterocycles. The summed E-state index contributed by atoms with van der Waals surface area (Å²) >= 11 is 1.53. The molecule has 33 heavy (non-hydrogen) atoms. The van der Waals surface area contributed by atoms with Crippen molar-refractivity contribution in [1.82, 2.24) is 5.32 Å². The Kier molecular flexibility index (Phi) is 5.64. The van der Waals surface area contributed by atoms with Gasteiger partial charge in [-0.3, -0.25) is 14.4 Å². The summed E-state index contributed by atoms with van der Waals surface area (Å²) in [5.41, 5.74) is 2.69. The fraction of sp³-hybridized carbons (Fsp3) is 0.192. The van der Waals surface area contributed by atoms with Gasteiger partial charge in [0, 0.05) is 27.1 Å². The molecule has 1 unspecified atom stereocenters. The second kappa shape index (κ2) is 8.75. The maximum Gasteiger partial charge on any atom is 0.259 e. The van der Waals surface area contributed by atoms with Crippen molar-refractivity contribution in [2.75, 3.05) is 10.2 Å². The first-order chi connectivity index (χ1) is 16.0. The Labute approximate surface area is 196 Å². The molecule has 1 atom stereocenters. The van der Waals surface area contributed by atoms with E-state index in [1.54, 1.807) is 31.2 Å². The molecule has 7 heteroatoms. The Hall–Kier alpha value is -3.58. The molecule has 166 valence electrons. The fourth-order valence-corrected chi connectivity index (χ4v) is 4.95. The standard InChI is InChI=1S/C26H23N3O3S/c1-16(27-25(31)17-7-3-2-4-8-17)24(30)28-18-11-14-21-23(15-18)33-22-10-6-5-9-20(22)26(32)29(21)19-12-13-19/h2-11,14-16,19H,12-13H2,1H3,(H,27,31)(H,28,30). The van der Waals surface area contributed by atoms with Crippen molar-refractivity contribution in [1.29, 1.82) is 0 Å². The highest BCUT2D eigenvalue weighted by Gasteiger charge is 2.38. The van der Waals surface area contributed by atoms with Gasteiger partial charge in [0.25, 0.3) is 11.8 Å². The van der Waals surface area contributed by atoms with Crippen molar-refractivity contribution in [3.8, 4) is 0 Å². The van der Waals surface area contributed by atoms with E-state index in [4.69, 9.17) is 0 Å². The maximum atomic E-state index is 13.3. The van der Waals surface area contributed by atoms with Gasteiger partial charge in [-0.2, -0.15) is 0 Å². The monoisotopic (exact) mass is 457 g/mol. The Balaban J connectivity index is 1.36. The fourth-order valence-electron chi connectivity index (χ4n) is 3.84. The van der Waals surface area contributed by atoms with Crippen LogP contribution in [0.4, 0.5) is 11.4 Å². The molecule has 3 aromatic carbocycles. The zero-order valence-corrected chi connectivity index (χ0v) is 18.9. The first-order valence-electron chi connectivity index (χ1n) is 10.9. The van der Waals surface area contributed by atoms with E-state index in [-0.39, 0.29) is 23.8 Å². The molecule has 1 fully saturated rings. The van der Waals surface area contributed by atoms with Crippen molar-refractivity contribution in [3.05, 3.63) is 83.9 Å². The smallest absolute Gasteiger partial charge is 0.259 e. The second-order valence-electron chi connectivity index (χ2n) is 8.24. The van der Waals surface area contributed by atoms with Gasteiger partial charge in [-0.25, -0.2) is 0 Å². The third-order valence-electron chi connectivity index (χ3n) is 5.73. The number of fused-ring (bicyclic) bond motifs is 2. The lowest BCUT2D eigenvalue weighted by atomic mass is 10.1. The van der Waals surface area contributed by atoms with Crippen LogP contribution in [-0.4, -0.2) is 29.8 Å². The van der Waals surface area contributed by atoms with Gasteiger partial charge in [-0.05, 0) is 62.2 Å². The highest BCUT2D eigenvalue weighted by atomic mass is 32.2. The Morgan fingerprint density at radius 3 is 2.45 bits per heavy atom. The second-order valence-corrected chi connectivity index (χ2v) is 9.32. The summed E-state index contributed by atoms with van der Waals surface area (Å²) in [6.07, 6.45) is 1.99. The normalized spacial score (nSPS) is 15.7. The average Bonchev–Trinajstić information content (AvgIpc) is 3.66. The molecule has 6 nitrogen and oxygen atoms in total. The van der Waals surface area contributed by atoms with Crippen LogP contribution in [0.15, 0.2) is 82.6 Å². The number of carbonyl (C=O) groups excluding carboxylic acids is 3. The molecule has 1 aliphatic carbocycles. The number of carbonyl (C=O) groups is 3. The Morgan fingerprint density at radius 2 is 1.70 bits per heavy atom. The van der Waals surface area contributed by atoms with Crippen molar-refractivity contribution in [2.24, 2.45) is 0 Å². The molecule has 5 rings (SSSR count). The average molecular weight is 458 g/mol. The van der Waals surface area contributed by atoms with Crippen molar-refractivity contribution in [3.63, 3.8) is 0 Å². The van der Waals surface area contributed by atoms with E-state index in [0.29, 0.717) is 16.8 Å². The van der Waals surface area contributed by atoms with Gasteiger partial charge in [-0.1, -0.05) is 42.1 Å². The predicted molar refractivity (Wildman–Crippen MR) is 129 cm³/mol. The van der Waals surface area contributed by atoms with Gasteiger partial charge in [-0.15, -0.1) is 0 Å². The number of hydrogen-bond donors (Lipinski definition) is 2. The van der Waals surface area contributed by atoms with E-state index < -0.39 is 6.04 Å². The van der Waals surface area contributed by atoms with Crippen LogP contribution in [0.1, 0.15) is 40.5 Å². The lowest BCUT2D eigenvalue weighted by molar-refractivity contribution is -0.117. The molecule has 3 aromatic rings. The number of rotatable bonds is 5. The summed E-state index contributed by atoms with van der Waals surface area (Å²) in [5, 5.41) is 5.62. The minimum absolute atomic E-state index is 0.0217. The van der Waals surface area contributed by atoms with Gasteiger partial charge < -0.3 is 15.5 Å². The molecule has 1 aliphatic heterocycles. The van der Waals surface area contributed by atoms with E-state index in [2.05, 4.69) is 10.6 Å². The van der Waals surface area contributed by atoms with Gasteiger partial charge in [0.2, 0.25) is 5.91 Å². The molecule has 0 bridgehead atoms. The Morgan fingerprint density at radius 1 is 0.970 bits per heavy atom. The third-order valence-corrected chi connectivity index (χ3v) is 6.85. The predicted octanol–water partition coefficient (Wildman–Crippen LogP) is 4.72. The van der Waals surface area contributed by atoms with Gasteiger partial charge in [0.15, 0.2) is 0 Å². The third kappa shape index (κ3) is 4.36. The molecule has 0 spiro atoms. The lowest BCUT2D eigenvalue weighted by Crippen LogP contribution is -2.41. The number of hydrogen-bond acceptors (Lipinski definition) is 4. The molecule has 0 radical (unpaired) electrons. The summed E-state index contributed by atoms with van der Waals surface area (Å²) in [4.78, 5) is 42.1. The first-order valence-corrected chi connectivity index (χ1v) is 11.7. The van der Waals surface area contributed by atoms with Crippen LogP contribution >= 0.6 is 11.8 Å². The van der Waals surface area contributed by atoms with Gasteiger partial charge >= 0.3 is 0 Å². The van der Waals surface area contributed by atoms with Crippen molar-refractivity contribution >= 4 is 40.9 Å². The summed E-state index contributed by atoms with van der Waals surface area (Å²) in [7, 11) is 0. The lowest BCUT2D eigenvalue weighted by Gasteiger charge is -2.23. The summed E-state index contributed by atoms with van der Waals surface area (Å²) in [6.45, 7) is 1.65. The number of benzene rings is 3. The van der Waals surface area contributed by atoms with Gasteiger partial charge in [0.1, 0.15) is 6.04 Å². The molecule has 0 aromatic heterocycles. The summed E-state index contributed by atoms with van der Waals surface area (Å²) in [5.74, 6) is -0.590. The van der Waals surface area contributed by atoms with E-state index in [1.807, 2.05) is 53.4 Å².